The lowest BCUT2D eigenvalue weighted by molar-refractivity contribution is -0.150. The fraction of sp³-hybridized carbons (Fsp3) is 0.500. The van der Waals surface area contributed by atoms with Crippen LogP contribution in [0, 0.1) is 5.92 Å². The van der Waals surface area contributed by atoms with Crippen molar-refractivity contribution in [1.82, 2.24) is 0 Å². The van der Waals surface area contributed by atoms with E-state index in [1.165, 1.54) is 4.90 Å². The van der Waals surface area contributed by atoms with Crippen molar-refractivity contribution in [2.24, 2.45) is 5.92 Å². The number of para-hydroxylation sites is 1. The van der Waals surface area contributed by atoms with Crippen LogP contribution in [0.2, 0.25) is 0 Å². The molecule has 0 radical (unpaired) electrons. The van der Waals surface area contributed by atoms with Gasteiger partial charge in [-0.05, 0) is 18.9 Å². The van der Waals surface area contributed by atoms with Gasteiger partial charge in [-0.2, -0.15) is 0 Å². The van der Waals surface area contributed by atoms with Crippen molar-refractivity contribution in [2.75, 3.05) is 11.9 Å². The number of Topliss-reactive ketones (excluding diaryl/α,β-unsaturated/α-hetero) is 1. The zero-order chi connectivity index (χ0) is 14.3. The van der Waals surface area contributed by atoms with Gasteiger partial charge >= 0.3 is 0 Å². The zero-order valence-corrected chi connectivity index (χ0v) is 11.6. The summed E-state index contributed by atoms with van der Waals surface area (Å²) in [5.74, 6) is -0.967. The summed E-state index contributed by atoms with van der Waals surface area (Å²) in [7, 11) is 1.65. The van der Waals surface area contributed by atoms with Gasteiger partial charge < -0.3 is 10.0 Å². The molecule has 1 aromatic carbocycles. The lowest BCUT2D eigenvalue weighted by Gasteiger charge is -2.29. The molecular weight excluding hydrogens is 254 g/mol. The fourth-order valence-electron chi connectivity index (χ4n) is 3.51. The van der Waals surface area contributed by atoms with Crippen LogP contribution in [0.5, 0.6) is 0 Å². The molecule has 1 saturated carbocycles. The number of hydrogen-bond donors (Lipinski definition) is 1. The van der Waals surface area contributed by atoms with Crippen molar-refractivity contribution in [3.05, 3.63) is 29.8 Å². The molecule has 2 atom stereocenters. The van der Waals surface area contributed by atoms with E-state index in [2.05, 4.69) is 0 Å². The summed E-state index contributed by atoms with van der Waals surface area (Å²) >= 11 is 0. The Hall–Kier alpha value is -1.68. The number of amides is 1. The first-order valence-electron chi connectivity index (χ1n) is 7.19. The highest BCUT2D eigenvalue weighted by Gasteiger charge is 2.55. The molecule has 3 rings (SSSR count). The highest BCUT2D eigenvalue weighted by Crippen LogP contribution is 2.46. The van der Waals surface area contributed by atoms with Gasteiger partial charge in [0.05, 0.1) is 11.6 Å². The van der Waals surface area contributed by atoms with Crippen molar-refractivity contribution in [1.29, 1.82) is 0 Å². The van der Waals surface area contributed by atoms with Gasteiger partial charge in [0.1, 0.15) is 5.78 Å². The molecule has 0 unspecified atom stereocenters. The predicted octanol–water partition coefficient (Wildman–Crippen LogP) is 2.00. The quantitative estimate of drug-likeness (QED) is 0.796. The number of benzene rings is 1. The molecule has 1 aliphatic heterocycles. The Bertz CT molecular complexity index is 569. The summed E-state index contributed by atoms with van der Waals surface area (Å²) in [6, 6.07) is 7.21. The Morgan fingerprint density at radius 1 is 1.20 bits per heavy atom. The van der Waals surface area contributed by atoms with E-state index in [0.717, 1.165) is 19.3 Å². The average Bonchev–Trinajstić information content (AvgIpc) is 2.64. The number of fused-ring (bicyclic) bond motifs is 1. The third-order valence-corrected chi connectivity index (χ3v) is 4.62. The standard InChI is InChI=1S/C16H19NO3/c1-17-13-9-6-5-7-11(13)16(20,15(17)19)12-8-3-2-4-10-14(12)18/h5-7,9,12,20H,2-4,8,10H2,1H3/t12-,16-/m0/s1. The maximum atomic E-state index is 12.6. The van der Waals surface area contributed by atoms with Crippen LogP contribution in [0.3, 0.4) is 0 Å². The molecule has 0 bridgehead atoms. The number of ketones is 1. The monoisotopic (exact) mass is 273 g/mol. The minimum Gasteiger partial charge on any atom is -0.375 e. The van der Waals surface area contributed by atoms with Gasteiger partial charge in [-0.15, -0.1) is 0 Å². The van der Waals surface area contributed by atoms with E-state index < -0.39 is 11.5 Å². The van der Waals surface area contributed by atoms with E-state index in [1.807, 2.05) is 12.1 Å². The maximum absolute atomic E-state index is 12.6. The van der Waals surface area contributed by atoms with Gasteiger partial charge in [0.2, 0.25) is 0 Å². The lowest BCUT2D eigenvalue weighted by atomic mass is 9.77. The van der Waals surface area contributed by atoms with Crippen LogP contribution in [-0.2, 0) is 15.2 Å². The molecule has 1 fully saturated rings. The summed E-state index contributed by atoms with van der Waals surface area (Å²) in [6.45, 7) is 0. The minimum atomic E-state index is -1.67. The van der Waals surface area contributed by atoms with Crippen LogP contribution in [0.25, 0.3) is 0 Å². The van der Waals surface area contributed by atoms with Gasteiger partial charge in [0, 0.05) is 19.0 Å². The van der Waals surface area contributed by atoms with Crippen LogP contribution in [-0.4, -0.2) is 23.8 Å². The van der Waals surface area contributed by atoms with Crippen LogP contribution >= 0.6 is 0 Å². The van der Waals surface area contributed by atoms with Gasteiger partial charge in [-0.25, -0.2) is 0 Å². The Morgan fingerprint density at radius 2 is 1.95 bits per heavy atom. The maximum Gasteiger partial charge on any atom is 0.264 e. The van der Waals surface area contributed by atoms with Crippen molar-refractivity contribution < 1.29 is 14.7 Å². The third-order valence-electron chi connectivity index (χ3n) is 4.62. The first-order chi connectivity index (χ1) is 9.56. The molecule has 1 N–H and O–H groups in total. The minimum absolute atomic E-state index is 0.0171. The first-order valence-corrected chi connectivity index (χ1v) is 7.19. The molecule has 4 heteroatoms. The van der Waals surface area contributed by atoms with E-state index in [0.29, 0.717) is 24.1 Å². The van der Waals surface area contributed by atoms with Crippen LogP contribution in [0.15, 0.2) is 24.3 Å². The smallest absolute Gasteiger partial charge is 0.264 e. The third kappa shape index (κ3) is 1.71. The first kappa shape index (κ1) is 13.3. The second-order valence-corrected chi connectivity index (χ2v) is 5.77. The second-order valence-electron chi connectivity index (χ2n) is 5.77. The van der Waals surface area contributed by atoms with Crippen molar-refractivity contribution in [3.63, 3.8) is 0 Å². The molecule has 4 nitrogen and oxygen atoms in total. The summed E-state index contributed by atoms with van der Waals surface area (Å²) in [5, 5.41) is 11.1. The molecule has 0 spiro atoms. The number of rotatable bonds is 1. The Morgan fingerprint density at radius 3 is 2.75 bits per heavy atom. The van der Waals surface area contributed by atoms with E-state index in [4.69, 9.17) is 0 Å². The summed E-state index contributed by atoms with van der Waals surface area (Å²) in [6.07, 6.45) is 3.79. The highest BCUT2D eigenvalue weighted by molar-refractivity contribution is 6.09. The Balaban J connectivity index is 2.10. The average molecular weight is 273 g/mol. The van der Waals surface area contributed by atoms with Gasteiger partial charge in [0.25, 0.3) is 5.91 Å². The molecular formula is C16H19NO3. The number of carbonyl (C=O) groups is 2. The zero-order valence-electron chi connectivity index (χ0n) is 11.6. The fourth-order valence-corrected chi connectivity index (χ4v) is 3.51. The number of carbonyl (C=O) groups excluding carboxylic acids is 2. The van der Waals surface area contributed by atoms with E-state index >= 15 is 0 Å². The number of aliphatic hydroxyl groups is 1. The van der Waals surface area contributed by atoms with Crippen molar-refractivity contribution in [3.8, 4) is 0 Å². The Kier molecular flexibility index (Phi) is 3.13. The molecule has 20 heavy (non-hydrogen) atoms. The molecule has 2 aliphatic rings. The SMILES string of the molecule is CN1C(=O)[C@@](O)([C@H]2CCCCCC2=O)c2ccccc21. The largest absolute Gasteiger partial charge is 0.375 e. The summed E-state index contributed by atoms with van der Waals surface area (Å²) < 4.78 is 0. The number of likely N-dealkylation sites (N-methyl/N-ethyl adjacent to an activating group) is 1. The van der Waals surface area contributed by atoms with Crippen LogP contribution in [0.4, 0.5) is 5.69 Å². The van der Waals surface area contributed by atoms with E-state index in [-0.39, 0.29) is 11.7 Å². The van der Waals surface area contributed by atoms with Gasteiger partial charge in [-0.1, -0.05) is 31.0 Å². The number of hydrogen-bond acceptors (Lipinski definition) is 3. The van der Waals surface area contributed by atoms with Gasteiger partial charge in [0.15, 0.2) is 5.60 Å². The summed E-state index contributed by atoms with van der Waals surface area (Å²) in [5.41, 5.74) is -0.392. The summed E-state index contributed by atoms with van der Waals surface area (Å²) in [4.78, 5) is 26.4. The molecule has 1 amide bonds. The molecule has 1 aliphatic carbocycles. The number of anilines is 1. The van der Waals surface area contributed by atoms with Crippen LogP contribution in [0.1, 0.15) is 37.7 Å². The highest BCUT2D eigenvalue weighted by atomic mass is 16.3. The molecule has 0 aromatic heterocycles. The molecule has 1 heterocycles. The molecule has 1 aromatic rings. The van der Waals surface area contributed by atoms with E-state index in [1.54, 1.807) is 19.2 Å². The lowest BCUT2D eigenvalue weighted by Crippen LogP contribution is -2.47. The van der Waals surface area contributed by atoms with E-state index in [9.17, 15) is 14.7 Å². The van der Waals surface area contributed by atoms with Gasteiger partial charge in [-0.3, -0.25) is 9.59 Å². The second kappa shape index (κ2) is 4.70. The van der Waals surface area contributed by atoms with Crippen molar-refractivity contribution >= 4 is 17.4 Å². The molecule has 106 valence electrons. The normalized spacial score (nSPS) is 30.3. The number of nitrogens with zero attached hydrogens (tertiary/aromatic N) is 1. The predicted molar refractivity (Wildman–Crippen MR) is 75.3 cm³/mol. The van der Waals surface area contributed by atoms with Crippen LogP contribution < -0.4 is 4.90 Å². The molecule has 0 saturated heterocycles. The topological polar surface area (TPSA) is 57.6 Å². The van der Waals surface area contributed by atoms with Crippen molar-refractivity contribution in [2.45, 2.75) is 37.7 Å². The Labute approximate surface area is 118 Å².